The van der Waals surface area contributed by atoms with Crippen LogP contribution in [0.2, 0.25) is 0 Å². The third-order valence-electron chi connectivity index (χ3n) is 4.49. The Morgan fingerprint density at radius 3 is 2.55 bits per heavy atom. The predicted molar refractivity (Wildman–Crippen MR) is 88.3 cm³/mol. The first-order valence-corrected chi connectivity index (χ1v) is 8.75. The van der Waals surface area contributed by atoms with E-state index in [1.165, 1.54) is 29.7 Å². The number of hydrogen-bond donors (Lipinski definition) is 1. The first-order chi connectivity index (χ1) is 9.59. The average molecular weight is 290 g/mol. The standard InChI is InChI=1S/C17H26N2S/c1-17(2)12-19(9-10-20-17)16(11-18)15-7-5-14(6-8-15)13-3-4-13/h5-8,13,16H,3-4,9-12,18H2,1-2H3. The number of rotatable bonds is 4. The summed E-state index contributed by atoms with van der Waals surface area (Å²) in [6.07, 6.45) is 2.74. The Morgan fingerprint density at radius 1 is 1.30 bits per heavy atom. The molecule has 3 rings (SSSR count). The van der Waals surface area contributed by atoms with E-state index in [4.69, 9.17) is 5.73 Å². The Balaban J connectivity index is 1.74. The lowest BCUT2D eigenvalue weighted by Gasteiger charge is -2.41. The molecular formula is C17H26N2S. The molecule has 0 aromatic heterocycles. The van der Waals surface area contributed by atoms with E-state index < -0.39 is 0 Å². The zero-order valence-corrected chi connectivity index (χ0v) is 13.5. The van der Waals surface area contributed by atoms with E-state index in [-0.39, 0.29) is 0 Å². The molecule has 2 aliphatic rings. The minimum atomic E-state index is 0.347. The third kappa shape index (κ3) is 3.21. The van der Waals surface area contributed by atoms with Gasteiger partial charge in [-0.3, -0.25) is 4.90 Å². The minimum absolute atomic E-state index is 0.347. The fourth-order valence-corrected chi connectivity index (χ4v) is 4.36. The fraction of sp³-hybridized carbons (Fsp3) is 0.647. The van der Waals surface area contributed by atoms with Gasteiger partial charge in [0, 0.05) is 36.2 Å². The van der Waals surface area contributed by atoms with E-state index in [1.54, 1.807) is 0 Å². The van der Waals surface area contributed by atoms with Crippen LogP contribution in [0.4, 0.5) is 0 Å². The summed E-state index contributed by atoms with van der Waals surface area (Å²) in [7, 11) is 0. The maximum Gasteiger partial charge on any atom is 0.0471 e. The van der Waals surface area contributed by atoms with Gasteiger partial charge >= 0.3 is 0 Å². The number of hydrogen-bond acceptors (Lipinski definition) is 3. The van der Waals surface area contributed by atoms with E-state index >= 15 is 0 Å². The van der Waals surface area contributed by atoms with Crippen molar-refractivity contribution in [3.05, 3.63) is 35.4 Å². The van der Waals surface area contributed by atoms with Gasteiger partial charge < -0.3 is 5.73 Å². The zero-order valence-electron chi connectivity index (χ0n) is 12.6. The van der Waals surface area contributed by atoms with Crippen molar-refractivity contribution in [1.82, 2.24) is 4.90 Å². The topological polar surface area (TPSA) is 29.3 Å². The summed E-state index contributed by atoms with van der Waals surface area (Å²) < 4.78 is 0.347. The van der Waals surface area contributed by atoms with E-state index in [0.29, 0.717) is 17.3 Å². The molecule has 1 aromatic rings. The molecule has 1 aromatic carbocycles. The number of thioether (sulfide) groups is 1. The van der Waals surface area contributed by atoms with Gasteiger partial charge in [0.2, 0.25) is 0 Å². The summed E-state index contributed by atoms with van der Waals surface area (Å²) >= 11 is 2.08. The minimum Gasteiger partial charge on any atom is -0.329 e. The Morgan fingerprint density at radius 2 is 2.00 bits per heavy atom. The third-order valence-corrected chi connectivity index (χ3v) is 5.79. The maximum atomic E-state index is 6.09. The van der Waals surface area contributed by atoms with Gasteiger partial charge in [0.25, 0.3) is 0 Å². The summed E-state index contributed by atoms with van der Waals surface area (Å²) in [4.78, 5) is 2.57. The number of nitrogens with zero attached hydrogens (tertiary/aromatic N) is 1. The molecule has 0 bridgehead atoms. The van der Waals surface area contributed by atoms with Crippen LogP contribution in [0.15, 0.2) is 24.3 Å². The molecule has 1 aliphatic carbocycles. The van der Waals surface area contributed by atoms with Gasteiger partial charge in [-0.25, -0.2) is 0 Å². The Kier molecular flexibility index (Phi) is 4.11. The van der Waals surface area contributed by atoms with Crippen LogP contribution in [0.5, 0.6) is 0 Å². The van der Waals surface area contributed by atoms with Crippen molar-refractivity contribution < 1.29 is 0 Å². The lowest BCUT2D eigenvalue weighted by molar-refractivity contribution is 0.192. The largest absolute Gasteiger partial charge is 0.329 e. The monoisotopic (exact) mass is 290 g/mol. The van der Waals surface area contributed by atoms with E-state index in [2.05, 4.69) is 54.8 Å². The second-order valence-electron chi connectivity index (χ2n) is 6.77. The van der Waals surface area contributed by atoms with Crippen molar-refractivity contribution in [2.75, 3.05) is 25.4 Å². The molecule has 2 fully saturated rings. The van der Waals surface area contributed by atoms with Crippen molar-refractivity contribution in [2.45, 2.75) is 43.4 Å². The molecule has 1 heterocycles. The molecule has 0 spiro atoms. The molecular weight excluding hydrogens is 264 g/mol. The predicted octanol–water partition coefficient (Wildman–Crippen LogP) is 3.39. The van der Waals surface area contributed by atoms with Crippen LogP contribution in [0, 0.1) is 0 Å². The molecule has 0 amide bonds. The summed E-state index contributed by atoms with van der Waals surface area (Å²) in [6, 6.07) is 9.63. The highest BCUT2D eigenvalue weighted by Crippen LogP contribution is 2.40. The molecule has 0 radical (unpaired) electrons. The highest BCUT2D eigenvalue weighted by molar-refractivity contribution is 8.00. The van der Waals surface area contributed by atoms with Crippen molar-refractivity contribution in [1.29, 1.82) is 0 Å². The van der Waals surface area contributed by atoms with Gasteiger partial charge in [-0.05, 0) is 43.7 Å². The van der Waals surface area contributed by atoms with Crippen molar-refractivity contribution >= 4 is 11.8 Å². The van der Waals surface area contributed by atoms with Crippen LogP contribution < -0.4 is 5.73 Å². The molecule has 3 heteroatoms. The lowest BCUT2D eigenvalue weighted by Crippen LogP contribution is -2.46. The summed E-state index contributed by atoms with van der Waals surface area (Å²) in [5.74, 6) is 2.05. The second kappa shape index (κ2) is 5.70. The highest BCUT2D eigenvalue weighted by atomic mass is 32.2. The molecule has 1 unspecified atom stereocenters. The Hall–Kier alpha value is -0.510. The Bertz CT molecular complexity index is 451. The highest BCUT2D eigenvalue weighted by Gasteiger charge is 2.31. The molecule has 1 saturated heterocycles. The van der Waals surface area contributed by atoms with Gasteiger partial charge in [-0.1, -0.05) is 24.3 Å². The van der Waals surface area contributed by atoms with E-state index in [0.717, 1.165) is 19.0 Å². The zero-order chi connectivity index (χ0) is 14.2. The number of benzene rings is 1. The average Bonchev–Trinajstić information content (AvgIpc) is 3.24. The molecule has 20 heavy (non-hydrogen) atoms. The molecule has 2 N–H and O–H groups in total. The number of nitrogens with two attached hydrogens (primary N) is 1. The van der Waals surface area contributed by atoms with Gasteiger partial charge in [0.15, 0.2) is 0 Å². The van der Waals surface area contributed by atoms with Crippen molar-refractivity contribution in [3.8, 4) is 0 Å². The summed E-state index contributed by atoms with van der Waals surface area (Å²) in [5.41, 5.74) is 8.99. The van der Waals surface area contributed by atoms with E-state index in [1.807, 2.05) is 0 Å². The van der Waals surface area contributed by atoms with Crippen molar-refractivity contribution in [3.63, 3.8) is 0 Å². The quantitative estimate of drug-likeness (QED) is 0.921. The first-order valence-electron chi connectivity index (χ1n) is 7.77. The van der Waals surface area contributed by atoms with Gasteiger partial charge in [-0.15, -0.1) is 0 Å². The Labute approximate surface area is 127 Å². The van der Waals surface area contributed by atoms with Crippen LogP contribution in [0.3, 0.4) is 0 Å². The van der Waals surface area contributed by atoms with Gasteiger partial charge in [0.1, 0.15) is 0 Å². The first kappa shape index (κ1) is 14.4. The summed E-state index contributed by atoms with van der Waals surface area (Å²) in [5, 5.41) is 0. The normalized spacial score (nSPS) is 24.6. The van der Waals surface area contributed by atoms with Gasteiger partial charge in [-0.2, -0.15) is 11.8 Å². The van der Waals surface area contributed by atoms with Crippen molar-refractivity contribution in [2.24, 2.45) is 5.73 Å². The maximum absolute atomic E-state index is 6.09. The second-order valence-corrected chi connectivity index (χ2v) is 8.57. The smallest absolute Gasteiger partial charge is 0.0471 e. The SMILES string of the molecule is CC1(C)CN(C(CN)c2ccc(C3CC3)cc2)CCS1. The molecule has 110 valence electrons. The summed E-state index contributed by atoms with van der Waals surface area (Å²) in [6.45, 7) is 7.68. The molecule has 1 atom stereocenters. The van der Waals surface area contributed by atoms with Crippen LogP contribution in [-0.4, -0.2) is 35.0 Å². The fourth-order valence-electron chi connectivity index (χ4n) is 3.22. The van der Waals surface area contributed by atoms with Crippen LogP contribution in [0.1, 0.15) is 49.8 Å². The molecule has 1 aliphatic heterocycles. The molecule has 1 saturated carbocycles. The lowest BCUT2D eigenvalue weighted by atomic mass is 10.0. The van der Waals surface area contributed by atoms with Crippen LogP contribution >= 0.6 is 11.8 Å². The molecule has 2 nitrogen and oxygen atoms in total. The van der Waals surface area contributed by atoms with E-state index in [9.17, 15) is 0 Å². The van der Waals surface area contributed by atoms with Crippen LogP contribution in [-0.2, 0) is 0 Å². The van der Waals surface area contributed by atoms with Crippen LogP contribution in [0.25, 0.3) is 0 Å². The van der Waals surface area contributed by atoms with Gasteiger partial charge in [0.05, 0.1) is 0 Å².